The van der Waals surface area contributed by atoms with Crippen LogP contribution in [-0.4, -0.2) is 46.2 Å². The number of thiophene rings is 1. The first-order chi connectivity index (χ1) is 16.8. The second-order valence-electron chi connectivity index (χ2n) is 8.18. The molecule has 180 valence electrons. The maximum atomic E-state index is 13.3. The zero-order valence-electron chi connectivity index (χ0n) is 19.8. The number of hydrogen-bond acceptors (Lipinski definition) is 7. The molecule has 0 radical (unpaired) electrons. The van der Waals surface area contributed by atoms with Gasteiger partial charge in [0.05, 0.1) is 34.8 Å². The molecule has 4 rings (SSSR count). The highest BCUT2D eigenvalue weighted by molar-refractivity contribution is 7.15. The largest absolute Gasteiger partial charge is 0.468 e. The molecule has 3 aromatic heterocycles. The maximum absolute atomic E-state index is 13.3. The van der Waals surface area contributed by atoms with Crippen LogP contribution in [0.1, 0.15) is 45.5 Å². The van der Waals surface area contributed by atoms with Gasteiger partial charge in [-0.05, 0) is 63.2 Å². The lowest BCUT2D eigenvalue weighted by Crippen LogP contribution is -2.30. The number of carbonyl (C=O) groups is 3. The van der Waals surface area contributed by atoms with Crippen LogP contribution in [0.2, 0.25) is 0 Å². The summed E-state index contributed by atoms with van der Waals surface area (Å²) in [4.78, 5) is 43.6. The molecule has 0 aliphatic heterocycles. The van der Waals surface area contributed by atoms with Crippen LogP contribution in [-0.2, 0) is 9.53 Å². The number of aromatic nitrogens is 3. The Balaban J connectivity index is 1.61. The summed E-state index contributed by atoms with van der Waals surface area (Å²) in [7, 11) is 1.25. The second kappa shape index (κ2) is 10.1. The van der Waals surface area contributed by atoms with Crippen LogP contribution in [0.3, 0.4) is 0 Å². The van der Waals surface area contributed by atoms with E-state index >= 15 is 0 Å². The molecule has 1 aromatic carbocycles. The number of benzene rings is 1. The molecule has 0 saturated carbocycles. The molecule has 0 unspecified atom stereocenters. The fourth-order valence-corrected chi connectivity index (χ4v) is 4.34. The summed E-state index contributed by atoms with van der Waals surface area (Å²) in [5.41, 5.74) is 2.69. The third-order valence-corrected chi connectivity index (χ3v) is 6.34. The minimum Gasteiger partial charge on any atom is -0.468 e. The van der Waals surface area contributed by atoms with Gasteiger partial charge in [-0.15, -0.1) is 11.3 Å². The van der Waals surface area contributed by atoms with Crippen LogP contribution in [0.5, 0.6) is 0 Å². The average molecular weight is 492 g/mol. The first-order valence-electron chi connectivity index (χ1n) is 11.0. The maximum Gasteiger partial charge on any atom is 0.325 e. The Kier molecular flexibility index (Phi) is 6.92. The molecule has 0 fully saturated rings. The second-order valence-corrected chi connectivity index (χ2v) is 9.46. The predicted molar refractivity (Wildman–Crippen MR) is 135 cm³/mol. The van der Waals surface area contributed by atoms with Crippen molar-refractivity contribution in [1.82, 2.24) is 20.1 Å². The molecule has 9 nitrogen and oxygen atoms in total. The van der Waals surface area contributed by atoms with Crippen molar-refractivity contribution in [2.45, 2.75) is 26.8 Å². The minimum atomic E-state index is -0.538. The highest BCUT2D eigenvalue weighted by Crippen LogP contribution is 2.31. The smallest absolute Gasteiger partial charge is 0.325 e. The Hall–Kier alpha value is -4.05. The van der Waals surface area contributed by atoms with Crippen LogP contribution >= 0.6 is 11.3 Å². The summed E-state index contributed by atoms with van der Waals surface area (Å²) in [5.74, 6) is -1.26. The Bertz CT molecular complexity index is 1410. The number of amides is 2. The van der Waals surface area contributed by atoms with E-state index in [4.69, 9.17) is 4.98 Å². The number of nitrogens with one attached hydrogen (secondary N) is 2. The van der Waals surface area contributed by atoms with E-state index in [0.29, 0.717) is 33.5 Å². The number of hydrogen-bond donors (Lipinski definition) is 2. The van der Waals surface area contributed by atoms with Crippen molar-refractivity contribution in [1.29, 1.82) is 0 Å². The Morgan fingerprint density at radius 3 is 2.46 bits per heavy atom. The molecule has 3 heterocycles. The fraction of sp³-hybridized carbons (Fsp3) is 0.240. The number of ether oxygens (including phenoxy) is 1. The molecule has 0 aliphatic rings. The van der Waals surface area contributed by atoms with E-state index in [9.17, 15) is 14.4 Å². The van der Waals surface area contributed by atoms with Gasteiger partial charge in [0, 0.05) is 22.2 Å². The molecule has 10 heteroatoms. The minimum absolute atomic E-state index is 0.0779. The number of nitrogens with zero attached hydrogens (tertiary/aromatic N) is 3. The summed E-state index contributed by atoms with van der Waals surface area (Å²) in [6.07, 6.45) is 1.66. The van der Waals surface area contributed by atoms with E-state index in [2.05, 4.69) is 20.5 Å². The number of anilines is 1. The lowest BCUT2D eigenvalue weighted by Gasteiger charge is -2.11. The highest BCUT2D eigenvalue weighted by Gasteiger charge is 2.19. The number of rotatable bonds is 7. The molecule has 0 aliphatic carbocycles. The van der Waals surface area contributed by atoms with Gasteiger partial charge in [0.15, 0.2) is 5.65 Å². The van der Waals surface area contributed by atoms with Gasteiger partial charge in [-0.25, -0.2) is 9.67 Å². The van der Waals surface area contributed by atoms with Crippen LogP contribution in [0.4, 0.5) is 5.69 Å². The van der Waals surface area contributed by atoms with Crippen molar-refractivity contribution in [3.8, 4) is 10.6 Å². The number of esters is 1. The highest BCUT2D eigenvalue weighted by atomic mass is 32.1. The van der Waals surface area contributed by atoms with E-state index in [0.717, 1.165) is 9.75 Å². The molecule has 35 heavy (non-hydrogen) atoms. The molecule has 2 N–H and O–H groups in total. The van der Waals surface area contributed by atoms with Gasteiger partial charge in [0.25, 0.3) is 11.8 Å². The van der Waals surface area contributed by atoms with Crippen molar-refractivity contribution in [2.24, 2.45) is 0 Å². The van der Waals surface area contributed by atoms with Gasteiger partial charge in [0.1, 0.15) is 6.54 Å². The summed E-state index contributed by atoms with van der Waals surface area (Å²) >= 11 is 1.61. The van der Waals surface area contributed by atoms with Gasteiger partial charge < -0.3 is 15.4 Å². The monoisotopic (exact) mass is 491 g/mol. The fourth-order valence-electron chi connectivity index (χ4n) is 3.51. The number of pyridine rings is 1. The van der Waals surface area contributed by atoms with Crippen LogP contribution < -0.4 is 10.6 Å². The summed E-state index contributed by atoms with van der Waals surface area (Å²) in [5, 5.41) is 10.5. The Labute approximate surface area is 206 Å². The number of aryl methyl sites for hydroxylation is 1. The van der Waals surface area contributed by atoms with Crippen molar-refractivity contribution in [3.63, 3.8) is 0 Å². The van der Waals surface area contributed by atoms with Crippen LogP contribution in [0.15, 0.2) is 48.7 Å². The Morgan fingerprint density at radius 2 is 1.83 bits per heavy atom. The van der Waals surface area contributed by atoms with Gasteiger partial charge in [-0.2, -0.15) is 5.10 Å². The van der Waals surface area contributed by atoms with Crippen LogP contribution in [0, 0.1) is 6.92 Å². The average Bonchev–Trinajstić information content (AvgIpc) is 3.48. The third kappa shape index (κ3) is 5.22. The van der Waals surface area contributed by atoms with E-state index in [-0.39, 0.29) is 18.5 Å². The zero-order valence-corrected chi connectivity index (χ0v) is 20.6. The van der Waals surface area contributed by atoms with E-state index in [1.807, 2.05) is 32.9 Å². The SMILES string of the molecule is COC(=O)CNC(=O)c1ccc(NC(=O)c2cc(-c3ccc(C)s3)nc3c2cnn3C(C)C)cc1. The lowest BCUT2D eigenvalue weighted by atomic mass is 10.1. The zero-order chi connectivity index (χ0) is 25.1. The van der Waals surface area contributed by atoms with Crippen molar-refractivity contribution >= 4 is 45.8 Å². The lowest BCUT2D eigenvalue weighted by molar-refractivity contribution is -0.139. The van der Waals surface area contributed by atoms with Crippen molar-refractivity contribution < 1.29 is 19.1 Å². The number of fused-ring (bicyclic) bond motifs is 1. The van der Waals surface area contributed by atoms with E-state index < -0.39 is 11.9 Å². The molecule has 0 atom stereocenters. The summed E-state index contributed by atoms with van der Waals surface area (Å²) in [6.45, 7) is 5.83. The molecule has 4 aromatic rings. The molecule has 0 saturated heterocycles. The van der Waals surface area contributed by atoms with E-state index in [1.54, 1.807) is 52.5 Å². The normalized spacial score (nSPS) is 11.0. The van der Waals surface area contributed by atoms with Gasteiger partial charge in [-0.3, -0.25) is 14.4 Å². The van der Waals surface area contributed by atoms with E-state index in [1.165, 1.54) is 7.11 Å². The van der Waals surface area contributed by atoms with Crippen molar-refractivity contribution in [2.75, 3.05) is 19.0 Å². The van der Waals surface area contributed by atoms with Crippen LogP contribution in [0.25, 0.3) is 21.6 Å². The number of methoxy groups -OCH3 is 1. The summed E-state index contributed by atoms with van der Waals surface area (Å²) < 4.78 is 6.32. The molecular weight excluding hydrogens is 466 g/mol. The molecule has 0 bridgehead atoms. The molecular formula is C25H25N5O4S. The summed E-state index contributed by atoms with van der Waals surface area (Å²) in [6, 6.07) is 12.3. The third-order valence-electron chi connectivity index (χ3n) is 5.32. The predicted octanol–water partition coefficient (Wildman–Crippen LogP) is 4.20. The topological polar surface area (TPSA) is 115 Å². The van der Waals surface area contributed by atoms with Gasteiger partial charge in [0.2, 0.25) is 0 Å². The quantitative estimate of drug-likeness (QED) is 0.374. The first-order valence-corrected chi connectivity index (χ1v) is 11.8. The first kappa shape index (κ1) is 24.1. The molecule has 2 amide bonds. The van der Waals surface area contributed by atoms with Gasteiger partial charge in [-0.1, -0.05) is 0 Å². The standard InChI is InChI=1S/C25H25N5O4S/c1-14(2)30-23-19(12-27-30)18(11-20(29-23)21-10-5-15(3)35-21)25(33)28-17-8-6-16(7-9-17)24(32)26-13-22(31)34-4/h5-12,14H,13H2,1-4H3,(H,26,32)(H,28,33). The molecule has 0 spiro atoms. The van der Waals surface area contributed by atoms with Crippen molar-refractivity contribution in [3.05, 3.63) is 64.7 Å². The Morgan fingerprint density at radius 1 is 1.09 bits per heavy atom. The van der Waals surface area contributed by atoms with Gasteiger partial charge >= 0.3 is 5.97 Å². The number of carbonyl (C=O) groups excluding carboxylic acids is 3.